The lowest BCUT2D eigenvalue weighted by atomic mass is 9.82. The standard InChI is InChI=1S/C30H37N3O3/c1-4-10-24(28(31)34)25(17-19(2)3)29(35)32-27-23-15-6-5-13-21(23)22-14-7-8-16-26(22)33(30(27)36)18-20-11-9-12-20/h4-8,13-16,19-20,24-25,27H,1,9-12,17-18H2,2-3H3,(H2,31,34)(H,32,35)/t24-,25+,27?/m0/s1. The molecule has 3 atom stereocenters. The third kappa shape index (κ3) is 5.23. The van der Waals surface area contributed by atoms with E-state index in [1.807, 2.05) is 67.3 Å². The van der Waals surface area contributed by atoms with Gasteiger partial charge in [0.05, 0.1) is 17.5 Å². The van der Waals surface area contributed by atoms with Crippen molar-refractivity contribution < 1.29 is 14.4 Å². The summed E-state index contributed by atoms with van der Waals surface area (Å²) in [5.41, 5.74) is 9.27. The molecule has 4 rings (SSSR count). The number of rotatable bonds is 10. The molecule has 6 heteroatoms. The van der Waals surface area contributed by atoms with E-state index in [0.29, 0.717) is 25.3 Å². The molecule has 0 aromatic heterocycles. The number of hydrogen-bond donors (Lipinski definition) is 2. The molecule has 1 saturated carbocycles. The first kappa shape index (κ1) is 25.7. The predicted octanol–water partition coefficient (Wildman–Crippen LogP) is 5.00. The zero-order valence-electron chi connectivity index (χ0n) is 21.3. The van der Waals surface area contributed by atoms with Gasteiger partial charge in [-0.15, -0.1) is 6.58 Å². The molecule has 6 nitrogen and oxygen atoms in total. The van der Waals surface area contributed by atoms with E-state index in [4.69, 9.17) is 5.73 Å². The number of amides is 3. The summed E-state index contributed by atoms with van der Waals surface area (Å²) >= 11 is 0. The van der Waals surface area contributed by atoms with Crippen molar-refractivity contribution in [3.05, 3.63) is 66.7 Å². The first-order valence-corrected chi connectivity index (χ1v) is 13.0. The number of anilines is 1. The third-order valence-corrected chi connectivity index (χ3v) is 7.56. The first-order chi connectivity index (χ1) is 17.3. The molecule has 3 N–H and O–H groups in total. The summed E-state index contributed by atoms with van der Waals surface area (Å²) in [6.07, 6.45) is 5.82. The van der Waals surface area contributed by atoms with Gasteiger partial charge in [0.1, 0.15) is 6.04 Å². The number of allylic oxidation sites excluding steroid dienone is 1. The highest BCUT2D eigenvalue weighted by atomic mass is 16.2. The molecule has 190 valence electrons. The van der Waals surface area contributed by atoms with Gasteiger partial charge in [-0.2, -0.15) is 0 Å². The Bertz CT molecular complexity index is 1140. The number of primary amides is 1. The maximum absolute atomic E-state index is 14.2. The van der Waals surface area contributed by atoms with Crippen molar-refractivity contribution in [2.45, 2.75) is 52.0 Å². The van der Waals surface area contributed by atoms with Gasteiger partial charge in [0, 0.05) is 12.1 Å². The lowest BCUT2D eigenvalue weighted by Gasteiger charge is -2.34. The van der Waals surface area contributed by atoms with Crippen molar-refractivity contribution in [2.75, 3.05) is 11.4 Å². The molecule has 2 aromatic rings. The Morgan fingerprint density at radius 2 is 1.75 bits per heavy atom. The predicted molar refractivity (Wildman–Crippen MR) is 143 cm³/mol. The highest BCUT2D eigenvalue weighted by molar-refractivity contribution is 6.06. The van der Waals surface area contributed by atoms with Gasteiger partial charge in [-0.25, -0.2) is 0 Å². The number of nitrogens with one attached hydrogen (secondary N) is 1. The Morgan fingerprint density at radius 3 is 2.36 bits per heavy atom. The van der Waals surface area contributed by atoms with Gasteiger partial charge in [-0.1, -0.05) is 68.8 Å². The molecule has 1 aliphatic heterocycles. The van der Waals surface area contributed by atoms with Crippen LogP contribution in [-0.2, 0) is 14.4 Å². The van der Waals surface area contributed by atoms with E-state index in [2.05, 4.69) is 11.9 Å². The normalized spacial score (nSPS) is 18.9. The summed E-state index contributed by atoms with van der Waals surface area (Å²) in [5, 5.41) is 3.07. The molecule has 36 heavy (non-hydrogen) atoms. The summed E-state index contributed by atoms with van der Waals surface area (Å²) in [5.74, 6) is -1.69. The van der Waals surface area contributed by atoms with Gasteiger partial charge in [-0.05, 0) is 54.7 Å². The van der Waals surface area contributed by atoms with E-state index >= 15 is 0 Å². The fourth-order valence-corrected chi connectivity index (χ4v) is 5.47. The molecule has 1 fully saturated rings. The molecule has 3 amide bonds. The molecule has 1 aliphatic carbocycles. The van der Waals surface area contributed by atoms with E-state index < -0.39 is 23.8 Å². The molecule has 2 aromatic carbocycles. The smallest absolute Gasteiger partial charge is 0.254 e. The van der Waals surface area contributed by atoms with Crippen molar-refractivity contribution in [1.82, 2.24) is 5.32 Å². The Morgan fingerprint density at radius 1 is 1.08 bits per heavy atom. The zero-order chi connectivity index (χ0) is 25.8. The van der Waals surface area contributed by atoms with Crippen LogP contribution < -0.4 is 16.0 Å². The van der Waals surface area contributed by atoms with Crippen LogP contribution in [0, 0.1) is 23.7 Å². The second-order valence-corrected chi connectivity index (χ2v) is 10.6. The number of nitrogens with zero attached hydrogens (tertiary/aromatic N) is 1. The van der Waals surface area contributed by atoms with Gasteiger partial charge in [0.25, 0.3) is 5.91 Å². The van der Waals surface area contributed by atoms with Crippen LogP contribution in [0.1, 0.15) is 57.6 Å². The molecule has 1 heterocycles. The highest BCUT2D eigenvalue weighted by Crippen LogP contribution is 2.42. The molecule has 1 unspecified atom stereocenters. The van der Waals surface area contributed by atoms with Crippen LogP contribution in [0.2, 0.25) is 0 Å². The number of hydrogen-bond acceptors (Lipinski definition) is 3. The summed E-state index contributed by atoms with van der Waals surface area (Å²) in [6.45, 7) is 8.40. The molecular weight excluding hydrogens is 450 g/mol. The number of carbonyl (C=O) groups is 3. The van der Waals surface area contributed by atoms with Crippen LogP contribution >= 0.6 is 0 Å². The molecule has 0 saturated heterocycles. The fourth-order valence-electron chi connectivity index (χ4n) is 5.47. The van der Waals surface area contributed by atoms with Gasteiger partial charge >= 0.3 is 0 Å². The van der Waals surface area contributed by atoms with Crippen molar-refractivity contribution >= 4 is 23.4 Å². The maximum Gasteiger partial charge on any atom is 0.254 e. The average molecular weight is 488 g/mol. The van der Waals surface area contributed by atoms with Crippen LogP contribution in [0.3, 0.4) is 0 Å². The van der Waals surface area contributed by atoms with E-state index in [1.165, 1.54) is 6.42 Å². The van der Waals surface area contributed by atoms with Crippen molar-refractivity contribution in [3.63, 3.8) is 0 Å². The summed E-state index contributed by atoms with van der Waals surface area (Å²) in [7, 11) is 0. The van der Waals surface area contributed by atoms with E-state index in [0.717, 1.165) is 35.2 Å². The number of benzene rings is 2. The first-order valence-electron chi connectivity index (χ1n) is 13.0. The lowest BCUT2D eigenvalue weighted by Crippen LogP contribution is -2.48. The minimum absolute atomic E-state index is 0.143. The largest absolute Gasteiger partial charge is 0.369 e. The van der Waals surface area contributed by atoms with Crippen molar-refractivity contribution in [1.29, 1.82) is 0 Å². The van der Waals surface area contributed by atoms with Gasteiger partial charge in [-0.3, -0.25) is 14.4 Å². The summed E-state index contributed by atoms with van der Waals surface area (Å²) in [4.78, 5) is 42.1. The van der Waals surface area contributed by atoms with Crippen LogP contribution in [0.15, 0.2) is 61.2 Å². The minimum atomic E-state index is -0.854. The van der Waals surface area contributed by atoms with E-state index in [-0.39, 0.29) is 17.7 Å². The maximum atomic E-state index is 14.2. The monoisotopic (exact) mass is 487 g/mol. The fraction of sp³-hybridized carbons (Fsp3) is 0.433. The molecule has 0 bridgehead atoms. The van der Waals surface area contributed by atoms with Crippen LogP contribution in [0.4, 0.5) is 5.69 Å². The number of nitrogens with two attached hydrogens (primary N) is 1. The number of carbonyl (C=O) groups excluding carboxylic acids is 3. The summed E-state index contributed by atoms with van der Waals surface area (Å²) in [6, 6.07) is 14.9. The Labute approximate surface area is 213 Å². The SMILES string of the molecule is C=CC[C@H](C(N)=O)[C@@H](CC(C)C)C(=O)NC1C(=O)N(CC2CCC2)c2ccccc2-c2ccccc21. The Kier molecular flexibility index (Phi) is 7.92. The number of para-hydroxylation sites is 1. The van der Waals surface area contributed by atoms with Crippen molar-refractivity contribution in [3.8, 4) is 11.1 Å². The molecule has 2 aliphatic rings. The second kappa shape index (κ2) is 11.1. The molecular formula is C30H37N3O3. The van der Waals surface area contributed by atoms with Crippen LogP contribution in [-0.4, -0.2) is 24.3 Å². The zero-order valence-corrected chi connectivity index (χ0v) is 21.3. The van der Waals surface area contributed by atoms with Crippen LogP contribution in [0.25, 0.3) is 11.1 Å². The summed E-state index contributed by atoms with van der Waals surface area (Å²) < 4.78 is 0. The van der Waals surface area contributed by atoms with Gasteiger partial charge in [0.15, 0.2) is 0 Å². The van der Waals surface area contributed by atoms with E-state index in [1.54, 1.807) is 6.08 Å². The second-order valence-electron chi connectivity index (χ2n) is 10.6. The lowest BCUT2D eigenvalue weighted by molar-refractivity contribution is -0.136. The van der Waals surface area contributed by atoms with Gasteiger partial charge < -0.3 is 16.0 Å². The quantitative estimate of drug-likeness (QED) is 0.462. The minimum Gasteiger partial charge on any atom is -0.369 e. The van der Waals surface area contributed by atoms with E-state index in [9.17, 15) is 14.4 Å². The average Bonchev–Trinajstić information content (AvgIpc) is 2.92. The molecule has 0 radical (unpaired) electrons. The molecule has 0 spiro atoms. The topological polar surface area (TPSA) is 92.5 Å². The Hall–Kier alpha value is -3.41. The van der Waals surface area contributed by atoms with Crippen molar-refractivity contribution in [2.24, 2.45) is 29.4 Å². The Balaban J connectivity index is 1.74. The van der Waals surface area contributed by atoms with Crippen LogP contribution in [0.5, 0.6) is 0 Å². The highest BCUT2D eigenvalue weighted by Gasteiger charge is 2.39. The van der Waals surface area contributed by atoms with Gasteiger partial charge in [0.2, 0.25) is 11.8 Å². The third-order valence-electron chi connectivity index (χ3n) is 7.56. The number of fused-ring (bicyclic) bond motifs is 3.